The van der Waals surface area contributed by atoms with Crippen LogP contribution in [0.15, 0.2) is 0 Å². The van der Waals surface area contributed by atoms with Gasteiger partial charge in [-0.3, -0.25) is 9.35 Å². The van der Waals surface area contributed by atoms with E-state index in [2.05, 4.69) is 0 Å². The van der Waals surface area contributed by atoms with Crippen molar-refractivity contribution in [1.82, 2.24) is 0 Å². The monoisotopic (exact) mass is 150 g/mol. The SMILES string of the molecule is O=C1CCC1S(=O)(=O)O. The van der Waals surface area contributed by atoms with Crippen molar-refractivity contribution < 1.29 is 17.8 Å². The van der Waals surface area contributed by atoms with Crippen LogP contribution in [-0.2, 0) is 14.9 Å². The fourth-order valence-electron chi connectivity index (χ4n) is 0.695. The van der Waals surface area contributed by atoms with Gasteiger partial charge in [-0.25, -0.2) is 0 Å². The third kappa shape index (κ3) is 1.11. The van der Waals surface area contributed by atoms with Crippen LogP contribution in [-0.4, -0.2) is 24.0 Å². The normalized spacial score (nSPS) is 27.7. The number of ketones is 1. The molecule has 1 rings (SSSR count). The van der Waals surface area contributed by atoms with Gasteiger partial charge in [0, 0.05) is 6.42 Å². The molecule has 1 saturated carbocycles. The molecule has 0 heterocycles. The van der Waals surface area contributed by atoms with Crippen molar-refractivity contribution in [2.45, 2.75) is 18.1 Å². The summed E-state index contributed by atoms with van der Waals surface area (Å²) in [6, 6.07) is 0. The first-order chi connectivity index (χ1) is 4.02. The topological polar surface area (TPSA) is 71.4 Å². The van der Waals surface area contributed by atoms with E-state index in [-0.39, 0.29) is 18.6 Å². The van der Waals surface area contributed by atoms with Gasteiger partial charge in [0.05, 0.1) is 0 Å². The number of carbonyl (C=O) groups is 1. The van der Waals surface area contributed by atoms with Crippen molar-refractivity contribution in [3.63, 3.8) is 0 Å². The van der Waals surface area contributed by atoms with Crippen LogP contribution in [0.1, 0.15) is 12.8 Å². The molecule has 1 atom stereocenters. The fourth-order valence-corrected chi connectivity index (χ4v) is 1.56. The molecule has 9 heavy (non-hydrogen) atoms. The molecule has 1 aliphatic carbocycles. The van der Waals surface area contributed by atoms with Crippen LogP contribution in [0.25, 0.3) is 0 Å². The smallest absolute Gasteiger partial charge is 0.274 e. The first kappa shape index (κ1) is 6.70. The van der Waals surface area contributed by atoms with Crippen molar-refractivity contribution >= 4 is 15.9 Å². The summed E-state index contributed by atoms with van der Waals surface area (Å²) < 4.78 is 28.6. The number of hydrogen-bond donors (Lipinski definition) is 1. The van der Waals surface area contributed by atoms with E-state index in [1.165, 1.54) is 0 Å². The lowest BCUT2D eigenvalue weighted by molar-refractivity contribution is -0.123. The molecule has 5 heteroatoms. The highest BCUT2D eigenvalue weighted by Crippen LogP contribution is 2.20. The average Bonchev–Trinajstić information content (AvgIpc) is 1.57. The highest BCUT2D eigenvalue weighted by Gasteiger charge is 2.38. The summed E-state index contributed by atoms with van der Waals surface area (Å²) in [5.74, 6) is -0.377. The molecule has 0 aliphatic heterocycles. The van der Waals surface area contributed by atoms with Crippen LogP contribution in [0, 0.1) is 0 Å². The van der Waals surface area contributed by atoms with Gasteiger partial charge in [0.1, 0.15) is 5.25 Å². The molecule has 0 aromatic heterocycles. The first-order valence-electron chi connectivity index (χ1n) is 2.51. The zero-order chi connectivity index (χ0) is 7.07. The summed E-state index contributed by atoms with van der Waals surface area (Å²) in [4.78, 5) is 10.3. The van der Waals surface area contributed by atoms with Crippen LogP contribution in [0.5, 0.6) is 0 Å². The minimum absolute atomic E-state index is 0.275. The molecule has 52 valence electrons. The second-order valence-corrected chi connectivity index (χ2v) is 3.61. The summed E-state index contributed by atoms with van der Waals surface area (Å²) in [6.07, 6.45) is 0.558. The summed E-state index contributed by atoms with van der Waals surface area (Å²) >= 11 is 0. The van der Waals surface area contributed by atoms with Crippen molar-refractivity contribution in [2.75, 3.05) is 0 Å². The Morgan fingerprint density at radius 1 is 1.56 bits per heavy atom. The molecule has 4 nitrogen and oxygen atoms in total. The molecule has 0 bridgehead atoms. The van der Waals surface area contributed by atoms with Crippen molar-refractivity contribution in [3.8, 4) is 0 Å². The molecule has 0 aromatic rings. The van der Waals surface area contributed by atoms with Crippen LogP contribution < -0.4 is 0 Å². The van der Waals surface area contributed by atoms with E-state index in [0.29, 0.717) is 0 Å². The van der Waals surface area contributed by atoms with Gasteiger partial charge in [-0.1, -0.05) is 0 Å². The average molecular weight is 150 g/mol. The summed E-state index contributed by atoms with van der Waals surface area (Å²) in [7, 11) is -4.06. The first-order valence-corrected chi connectivity index (χ1v) is 4.01. The van der Waals surface area contributed by atoms with Gasteiger partial charge >= 0.3 is 0 Å². The molecule has 0 aromatic carbocycles. The standard InChI is InChI=1S/C4H6O4S/c5-3-1-2-4(3)9(6,7)8/h4H,1-2H2,(H,6,7,8). The Labute approximate surface area is 52.6 Å². The predicted molar refractivity (Wildman–Crippen MR) is 29.6 cm³/mol. The maximum atomic E-state index is 10.3. The van der Waals surface area contributed by atoms with Gasteiger partial charge in [-0.2, -0.15) is 8.42 Å². The van der Waals surface area contributed by atoms with E-state index in [9.17, 15) is 13.2 Å². The Morgan fingerprint density at radius 2 is 2.11 bits per heavy atom. The molecule has 0 amide bonds. The maximum absolute atomic E-state index is 10.3. The maximum Gasteiger partial charge on any atom is 0.274 e. The van der Waals surface area contributed by atoms with Crippen LogP contribution in [0.3, 0.4) is 0 Å². The van der Waals surface area contributed by atoms with E-state index in [4.69, 9.17) is 4.55 Å². The quantitative estimate of drug-likeness (QED) is 0.516. The molecular weight excluding hydrogens is 144 g/mol. The number of Topliss-reactive ketones (excluding diaryl/α,β-unsaturated/α-hetero) is 1. The van der Waals surface area contributed by atoms with Crippen LogP contribution >= 0.6 is 0 Å². The lowest BCUT2D eigenvalue weighted by atomic mass is 9.98. The van der Waals surface area contributed by atoms with Crippen molar-refractivity contribution in [3.05, 3.63) is 0 Å². The Kier molecular flexibility index (Phi) is 1.32. The zero-order valence-electron chi connectivity index (χ0n) is 4.57. The molecule has 0 saturated heterocycles. The van der Waals surface area contributed by atoms with Gasteiger partial charge in [0.25, 0.3) is 10.1 Å². The molecule has 0 spiro atoms. The predicted octanol–water partition coefficient (Wildman–Crippen LogP) is -0.394. The summed E-state index contributed by atoms with van der Waals surface area (Å²) in [6.45, 7) is 0. The Morgan fingerprint density at radius 3 is 2.11 bits per heavy atom. The highest BCUT2D eigenvalue weighted by molar-refractivity contribution is 7.87. The third-order valence-electron chi connectivity index (χ3n) is 1.37. The van der Waals surface area contributed by atoms with Gasteiger partial charge in [0.15, 0.2) is 5.78 Å². The summed E-state index contributed by atoms with van der Waals surface area (Å²) in [5.41, 5.74) is 0. The fraction of sp³-hybridized carbons (Fsp3) is 0.750. The van der Waals surface area contributed by atoms with Gasteiger partial charge in [-0.15, -0.1) is 0 Å². The molecule has 1 fully saturated rings. The van der Waals surface area contributed by atoms with Crippen LogP contribution in [0.2, 0.25) is 0 Å². The Hall–Kier alpha value is -0.420. The second kappa shape index (κ2) is 1.78. The number of rotatable bonds is 1. The molecular formula is C4H6O4S. The van der Waals surface area contributed by atoms with Gasteiger partial charge in [0.2, 0.25) is 0 Å². The minimum atomic E-state index is -4.06. The molecule has 1 N–H and O–H groups in total. The Balaban J connectivity index is 2.77. The van der Waals surface area contributed by atoms with Crippen molar-refractivity contribution in [1.29, 1.82) is 0 Å². The minimum Gasteiger partial charge on any atom is -0.298 e. The largest absolute Gasteiger partial charge is 0.298 e. The number of hydrogen-bond acceptors (Lipinski definition) is 3. The zero-order valence-corrected chi connectivity index (χ0v) is 5.39. The molecule has 1 unspecified atom stereocenters. The second-order valence-electron chi connectivity index (χ2n) is 2.01. The highest BCUT2D eigenvalue weighted by atomic mass is 32.2. The van der Waals surface area contributed by atoms with E-state index >= 15 is 0 Å². The molecule has 0 radical (unpaired) electrons. The van der Waals surface area contributed by atoms with Gasteiger partial charge in [-0.05, 0) is 6.42 Å². The van der Waals surface area contributed by atoms with Crippen LogP contribution in [0.4, 0.5) is 0 Å². The van der Waals surface area contributed by atoms with E-state index < -0.39 is 15.4 Å². The third-order valence-corrected chi connectivity index (χ3v) is 2.59. The van der Waals surface area contributed by atoms with E-state index in [1.807, 2.05) is 0 Å². The lowest BCUT2D eigenvalue weighted by Gasteiger charge is -2.19. The van der Waals surface area contributed by atoms with Gasteiger partial charge < -0.3 is 0 Å². The lowest BCUT2D eigenvalue weighted by Crippen LogP contribution is -2.38. The summed E-state index contributed by atoms with van der Waals surface area (Å²) in [5, 5.41) is -1.11. The van der Waals surface area contributed by atoms with E-state index in [0.717, 1.165) is 0 Å². The number of carbonyl (C=O) groups excluding carboxylic acids is 1. The van der Waals surface area contributed by atoms with E-state index in [1.54, 1.807) is 0 Å². The molecule has 1 aliphatic rings. The Bertz CT molecular complexity index is 227. The van der Waals surface area contributed by atoms with Crippen molar-refractivity contribution in [2.24, 2.45) is 0 Å².